The highest BCUT2D eigenvalue weighted by molar-refractivity contribution is 7.91. The van der Waals surface area contributed by atoms with Crippen LogP contribution in [0, 0.1) is 5.82 Å². The number of hydrogen-bond acceptors (Lipinski definition) is 3. The van der Waals surface area contributed by atoms with Crippen molar-refractivity contribution in [1.29, 1.82) is 0 Å². The van der Waals surface area contributed by atoms with Crippen molar-refractivity contribution in [2.75, 3.05) is 16.2 Å². The standard InChI is InChI=1S/C17H17FN2O3S/c18-14-5-1-4-13(10-14)12-24(22,23)19-15-6-2-7-16(11-15)20-9-3-8-17(20)21/h1-2,4-7,10-11,19H,3,8-9,12H2. The minimum absolute atomic E-state index is 0.0368. The Balaban J connectivity index is 1.76. The normalized spacial score (nSPS) is 14.9. The van der Waals surface area contributed by atoms with Gasteiger partial charge >= 0.3 is 0 Å². The number of anilines is 2. The van der Waals surface area contributed by atoms with Crippen molar-refractivity contribution in [1.82, 2.24) is 0 Å². The van der Waals surface area contributed by atoms with E-state index in [9.17, 15) is 17.6 Å². The number of carbonyl (C=O) groups is 1. The van der Waals surface area contributed by atoms with Gasteiger partial charge in [-0.25, -0.2) is 12.8 Å². The summed E-state index contributed by atoms with van der Waals surface area (Å²) in [6, 6.07) is 12.2. The zero-order chi connectivity index (χ0) is 17.2. The number of sulfonamides is 1. The van der Waals surface area contributed by atoms with Crippen molar-refractivity contribution in [2.24, 2.45) is 0 Å². The number of rotatable bonds is 5. The molecule has 2 aromatic rings. The quantitative estimate of drug-likeness (QED) is 0.903. The highest BCUT2D eigenvalue weighted by atomic mass is 32.2. The Morgan fingerprint density at radius 2 is 1.92 bits per heavy atom. The average molecular weight is 348 g/mol. The van der Waals surface area contributed by atoms with Crippen LogP contribution in [-0.4, -0.2) is 20.9 Å². The van der Waals surface area contributed by atoms with Crippen LogP contribution in [-0.2, 0) is 20.6 Å². The summed E-state index contributed by atoms with van der Waals surface area (Å²) in [5, 5.41) is 0. The van der Waals surface area contributed by atoms with E-state index in [1.165, 1.54) is 18.2 Å². The number of halogens is 1. The maximum atomic E-state index is 13.2. The maximum absolute atomic E-state index is 13.2. The predicted molar refractivity (Wildman–Crippen MR) is 90.7 cm³/mol. The summed E-state index contributed by atoms with van der Waals surface area (Å²) in [5.74, 6) is -0.760. The van der Waals surface area contributed by atoms with Crippen LogP contribution in [0.1, 0.15) is 18.4 Å². The first kappa shape index (κ1) is 16.4. The van der Waals surface area contributed by atoms with Gasteiger partial charge in [0.15, 0.2) is 0 Å². The summed E-state index contributed by atoms with van der Waals surface area (Å²) in [4.78, 5) is 13.4. The highest BCUT2D eigenvalue weighted by Crippen LogP contribution is 2.25. The molecule has 3 rings (SSSR count). The Morgan fingerprint density at radius 3 is 2.62 bits per heavy atom. The molecule has 5 nitrogen and oxygen atoms in total. The topological polar surface area (TPSA) is 66.5 Å². The number of nitrogens with zero attached hydrogens (tertiary/aromatic N) is 1. The van der Waals surface area contributed by atoms with Gasteiger partial charge in [0.2, 0.25) is 15.9 Å². The number of benzene rings is 2. The van der Waals surface area contributed by atoms with E-state index in [2.05, 4.69) is 4.72 Å². The van der Waals surface area contributed by atoms with E-state index < -0.39 is 15.8 Å². The van der Waals surface area contributed by atoms with Crippen molar-refractivity contribution in [3.63, 3.8) is 0 Å². The largest absolute Gasteiger partial charge is 0.312 e. The van der Waals surface area contributed by atoms with Crippen molar-refractivity contribution >= 4 is 27.3 Å². The van der Waals surface area contributed by atoms with E-state index in [0.29, 0.717) is 29.9 Å². The number of amides is 1. The molecule has 1 N–H and O–H groups in total. The van der Waals surface area contributed by atoms with Gasteiger partial charge < -0.3 is 4.90 Å². The van der Waals surface area contributed by atoms with Crippen LogP contribution >= 0.6 is 0 Å². The molecule has 0 spiro atoms. The lowest BCUT2D eigenvalue weighted by Gasteiger charge is -2.17. The Kier molecular flexibility index (Phi) is 4.53. The Morgan fingerprint density at radius 1 is 1.12 bits per heavy atom. The number of nitrogens with one attached hydrogen (secondary N) is 1. The van der Waals surface area contributed by atoms with Gasteiger partial charge in [0.05, 0.1) is 11.4 Å². The van der Waals surface area contributed by atoms with Crippen molar-refractivity contribution in [2.45, 2.75) is 18.6 Å². The van der Waals surface area contributed by atoms with Gasteiger partial charge in [-0.1, -0.05) is 18.2 Å². The third-order valence-corrected chi connectivity index (χ3v) is 5.01. The molecule has 0 atom stereocenters. The second kappa shape index (κ2) is 6.60. The molecule has 1 heterocycles. The minimum Gasteiger partial charge on any atom is -0.312 e. The van der Waals surface area contributed by atoms with Crippen LogP contribution in [0.25, 0.3) is 0 Å². The Labute approximate surface area is 140 Å². The van der Waals surface area contributed by atoms with E-state index in [0.717, 1.165) is 6.42 Å². The van der Waals surface area contributed by atoms with E-state index in [1.807, 2.05) is 0 Å². The fraction of sp³-hybridized carbons (Fsp3) is 0.235. The molecule has 126 valence electrons. The second-order valence-corrected chi connectivity index (χ2v) is 7.41. The summed E-state index contributed by atoms with van der Waals surface area (Å²) in [6.07, 6.45) is 1.31. The van der Waals surface area contributed by atoms with Crippen LogP contribution in [0.3, 0.4) is 0 Å². The Hall–Kier alpha value is -2.41. The lowest BCUT2D eigenvalue weighted by Crippen LogP contribution is -2.23. The summed E-state index contributed by atoms with van der Waals surface area (Å²) in [7, 11) is -3.68. The molecule has 0 bridgehead atoms. The number of hydrogen-bond donors (Lipinski definition) is 1. The smallest absolute Gasteiger partial charge is 0.236 e. The molecule has 24 heavy (non-hydrogen) atoms. The predicted octanol–water partition coefficient (Wildman–Crippen LogP) is 2.89. The fourth-order valence-electron chi connectivity index (χ4n) is 2.72. The average Bonchev–Trinajstić information content (AvgIpc) is 2.92. The second-order valence-electron chi connectivity index (χ2n) is 5.69. The van der Waals surface area contributed by atoms with Gasteiger partial charge in [-0.2, -0.15) is 0 Å². The molecular formula is C17H17FN2O3S. The fourth-order valence-corrected chi connectivity index (χ4v) is 3.90. The van der Waals surface area contributed by atoms with Gasteiger partial charge in [0.1, 0.15) is 5.82 Å². The first-order valence-corrected chi connectivity index (χ1v) is 9.23. The SMILES string of the molecule is O=C1CCCN1c1cccc(NS(=O)(=O)Cc2cccc(F)c2)c1. The molecule has 1 aliphatic rings. The minimum atomic E-state index is -3.68. The van der Waals surface area contributed by atoms with Gasteiger partial charge in [0.25, 0.3) is 0 Å². The van der Waals surface area contributed by atoms with Gasteiger partial charge in [-0.3, -0.25) is 9.52 Å². The van der Waals surface area contributed by atoms with Gasteiger partial charge in [0, 0.05) is 18.7 Å². The molecule has 2 aromatic carbocycles. The van der Waals surface area contributed by atoms with Crippen LogP contribution in [0.2, 0.25) is 0 Å². The molecule has 1 aliphatic heterocycles. The molecule has 0 radical (unpaired) electrons. The number of carbonyl (C=O) groups excluding carboxylic acids is 1. The maximum Gasteiger partial charge on any atom is 0.236 e. The van der Waals surface area contributed by atoms with Crippen LogP contribution in [0.5, 0.6) is 0 Å². The van der Waals surface area contributed by atoms with Crippen LogP contribution in [0.15, 0.2) is 48.5 Å². The summed E-state index contributed by atoms with van der Waals surface area (Å²) >= 11 is 0. The molecule has 1 amide bonds. The van der Waals surface area contributed by atoms with E-state index in [1.54, 1.807) is 35.2 Å². The lowest BCUT2D eigenvalue weighted by atomic mass is 10.2. The van der Waals surface area contributed by atoms with Crippen LogP contribution in [0.4, 0.5) is 15.8 Å². The zero-order valence-corrected chi connectivity index (χ0v) is 13.7. The summed E-state index contributed by atoms with van der Waals surface area (Å²) in [6.45, 7) is 0.637. The summed E-state index contributed by atoms with van der Waals surface area (Å²) < 4.78 is 40.2. The highest BCUT2D eigenvalue weighted by Gasteiger charge is 2.22. The molecule has 0 aromatic heterocycles. The van der Waals surface area contributed by atoms with Crippen molar-refractivity contribution in [3.05, 3.63) is 59.9 Å². The molecule has 0 unspecified atom stereocenters. The first-order chi connectivity index (χ1) is 11.4. The molecule has 0 aliphatic carbocycles. The molecule has 0 saturated carbocycles. The monoisotopic (exact) mass is 348 g/mol. The van der Waals surface area contributed by atoms with Crippen molar-refractivity contribution < 1.29 is 17.6 Å². The Bertz CT molecular complexity index is 868. The summed E-state index contributed by atoms with van der Waals surface area (Å²) in [5.41, 5.74) is 1.42. The van der Waals surface area contributed by atoms with E-state index >= 15 is 0 Å². The van der Waals surface area contributed by atoms with E-state index in [-0.39, 0.29) is 11.7 Å². The van der Waals surface area contributed by atoms with Crippen LogP contribution < -0.4 is 9.62 Å². The van der Waals surface area contributed by atoms with Gasteiger partial charge in [-0.15, -0.1) is 0 Å². The molecule has 1 fully saturated rings. The van der Waals surface area contributed by atoms with E-state index in [4.69, 9.17) is 0 Å². The third kappa shape index (κ3) is 3.91. The molecule has 1 saturated heterocycles. The first-order valence-electron chi connectivity index (χ1n) is 7.58. The molecule has 7 heteroatoms. The zero-order valence-electron chi connectivity index (χ0n) is 12.9. The van der Waals surface area contributed by atoms with Gasteiger partial charge in [-0.05, 0) is 42.3 Å². The third-order valence-electron chi connectivity index (χ3n) is 3.75. The van der Waals surface area contributed by atoms with Crippen molar-refractivity contribution in [3.8, 4) is 0 Å². The molecular weight excluding hydrogens is 331 g/mol. The lowest BCUT2D eigenvalue weighted by molar-refractivity contribution is -0.117.